The monoisotopic (exact) mass is 447 g/mol. The van der Waals surface area contributed by atoms with Gasteiger partial charge in [0, 0.05) is 0 Å². The topological polar surface area (TPSA) is 259 Å². The molecule has 0 heterocycles. The van der Waals surface area contributed by atoms with E-state index < -0.39 is 23.5 Å². The first kappa shape index (κ1) is 36.8. The van der Waals surface area contributed by atoms with Gasteiger partial charge >= 0.3 is 52.7 Å². The molecule has 0 fully saturated rings. The van der Waals surface area contributed by atoms with E-state index in [0.29, 0.717) is 0 Å². The van der Waals surface area contributed by atoms with Gasteiger partial charge in [-0.15, -0.1) is 0 Å². The van der Waals surface area contributed by atoms with E-state index in [1.807, 2.05) is 0 Å². The zero-order valence-electron chi connectivity index (χ0n) is 7.42. The Balaban J connectivity index is -0.0000000277. The number of rotatable bonds is 0. The van der Waals surface area contributed by atoms with Crippen molar-refractivity contribution < 1.29 is 110 Å². The molecule has 0 rings (SSSR count). The summed E-state index contributed by atoms with van der Waals surface area (Å²) in [5.41, 5.74) is 0. The minimum atomic E-state index is -5.39. The number of hydrogen-bond acceptors (Lipinski definition) is 12. The van der Waals surface area contributed by atoms with E-state index in [1.165, 1.54) is 0 Å². The van der Waals surface area contributed by atoms with Gasteiger partial charge in [0.05, 0.1) is 0 Å². The molecule has 18 heavy (non-hydrogen) atoms. The fourth-order valence-corrected chi connectivity index (χ4v) is 0. The van der Waals surface area contributed by atoms with Gasteiger partial charge in [-0.25, -0.2) is 0 Å². The maximum absolute atomic E-state index is 8.55. The third-order valence-corrected chi connectivity index (χ3v) is 0. The van der Waals surface area contributed by atoms with E-state index in [1.54, 1.807) is 0 Å². The first-order valence-corrected chi connectivity index (χ1v) is 6.57. The van der Waals surface area contributed by atoms with Gasteiger partial charge in [0.2, 0.25) is 0 Å². The summed E-state index contributed by atoms with van der Waals surface area (Å²) in [4.78, 5) is 76.9. The Kier molecular flexibility index (Phi) is 31.4. The zero-order valence-corrected chi connectivity index (χ0v) is 13.8. The SMILES string of the molecule is O=P([O-])([O-])[O-].O=P([O-])([O-])[O-].O=P([O-])([O-])[O-].[Fe+2].[Mn+2].[V+5]. The first-order chi connectivity index (χ1) is 6.00. The zero-order chi connectivity index (χ0) is 13.5. The van der Waals surface area contributed by atoms with Gasteiger partial charge < -0.3 is 57.7 Å². The summed E-state index contributed by atoms with van der Waals surface area (Å²) in [6.45, 7) is 0. The second-order valence-corrected chi connectivity index (χ2v) is 4.02. The fraction of sp³-hybridized carbons (Fsp3) is 0. The summed E-state index contributed by atoms with van der Waals surface area (Å²) in [5, 5.41) is 0. The molecule has 107 valence electrons. The van der Waals surface area contributed by atoms with E-state index in [0.717, 1.165) is 0 Å². The molecule has 0 aliphatic rings. The molecule has 0 amide bonds. The summed E-state index contributed by atoms with van der Waals surface area (Å²) in [6.07, 6.45) is 0. The van der Waals surface area contributed by atoms with E-state index >= 15 is 0 Å². The molecule has 0 atom stereocenters. The van der Waals surface area contributed by atoms with Crippen molar-refractivity contribution in [2.24, 2.45) is 0 Å². The minimum absolute atomic E-state index is 0. The summed E-state index contributed by atoms with van der Waals surface area (Å²) >= 11 is 0. The average Bonchev–Trinajstić information content (AvgIpc) is 1.41. The second-order valence-electron chi connectivity index (χ2n) is 1.34. The van der Waals surface area contributed by atoms with Crippen LogP contribution in [0.4, 0.5) is 0 Å². The molecule has 0 N–H and O–H groups in total. The first-order valence-electron chi connectivity index (χ1n) is 2.19. The van der Waals surface area contributed by atoms with Gasteiger partial charge in [0.1, 0.15) is 0 Å². The van der Waals surface area contributed by atoms with E-state index in [2.05, 4.69) is 0 Å². The van der Waals surface area contributed by atoms with Crippen LogP contribution in [0.25, 0.3) is 0 Å². The minimum Gasteiger partial charge on any atom is -0.822 e. The van der Waals surface area contributed by atoms with Crippen LogP contribution in [0.2, 0.25) is 0 Å². The predicted octanol–water partition coefficient (Wildman–Crippen LogP) is -8.48. The summed E-state index contributed by atoms with van der Waals surface area (Å²) in [7, 11) is -16.2. The van der Waals surface area contributed by atoms with Crippen molar-refractivity contribution in [3.8, 4) is 0 Å². The molecule has 0 spiro atoms. The van der Waals surface area contributed by atoms with Crippen molar-refractivity contribution in [2.45, 2.75) is 0 Å². The molecule has 0 saturated carbocycles. The van der Waals surface area contributed by atoms with Gasteiger partial charge in [0.25, 0.3) is 0 Å². The quantitative estimate of drug-likeness (QED) is 0.248. The van der Waals surface area contributed by atoms with Crippen LogP contribution >= 0.6 is 23.5 Å². The van der Waals surface area contributed by atoms with Gasteiger partial charge in [0.15, 0.2) is 0 Å². The molecule has 1 radical (unpaired) electrons. The summed E-state index contributed by atoms with van der Waals surface area (Å²) < 4.78 is 25.6. The van der Waals surface area contributed by atoms with E-state index in [9.17, 15) is 0 Å². The number of phosphoric acid groups is 3. The third kappa shape index (κ3) is 1350. The van der Waals surface area contributed by atoms with E-state index in [4.69, 9.17) is 57.7 Å². The molecular formula is FeMnO12P3V. The Morgan fingerprint density at radius 2 is 0.500 bits per heavy atom. The third-order valence-electron chi connectivity index (χ3n) is 0. The fourth-order valence-electron chi connectivity index (χ4n) is 0. The molecule has 0 aromatic heterocycles. The van der Waals surface area contributed by atoms with Crippen LogP contribution in [0.5, 0.6) is 0 Å². The Labute approximate surface area is 133 Å². The Morgan fingerprint density at radius 1 is 0.500 bits per heavy atom. The predicted molar refractivity (Wildman–Crippen MR) is 22.8 cm³/mol. The molecule has 12 nitrogen and oxygen atoms in total. The molecule has 0 aromatic rings. The molecular weight excluding hydrogens is 447 g/mol. The Hall–Kier alpha value is 1.95. The van der Waals surface area contributed by atoms with Crippen LogP contribution in [0, 0.1) is 0 Å². The van der Waals surface area contributed by atoms with Crippen LogP contribution in [0.1, 0.15) is 0 Å². The number of hydrogen-bond donors (Lipinski definition) is 0. The molecule has 0 unspecified atom stereocenters. The van der Waals surface area contributed by atoms with Gasteiger partial charge in [-0.05, 0) is 0 Å². The van der Waals surface area contributed by atoms with Crippen molar-refractivity contribution in [1.29, 1.82) is 0 Å². The van der Waals surface area contributed by atoms with Crippen molar-refractivity contribution >= 4 is 23.5 Å². The van der Waals surface area contributed by atoms with Crippen LogP contribution in [0.3, 0.4) is 0 Å². The molecule has 0 saturated heterocycles. The van der Waals surface area contributed by atoms with Crippen molar-refractivity contribution in [1.82, 2.24) is 0 Å². The van der Waals surface area contributed by atoms with Crippen molar-refractivity contribution in [3.05, 3.63) is 0 Å². The normalized spacial score (nSPS) is 9.83. The van der Waals surface area contributed by atoms with Crippen molar-refractivity contribution in [2.75, 3.05) is 0 Å². The smallest absolute Gasteiger partial charge is 0.822 e. The Bertz CT molecular complexity index is 213. The van der Waals surface area contributed by atoms with Crippen LogP contribution in [-0.2, 0) is 66.4 Å². The molecule has 0 aromatic carbocycles. The molecule has 18 heteroatoms. The summed E-state index contributed by atoms with van der Waals surface area (Å²) in [5.74, 6) is 0. The average molecular weight is 447 g/mol. The largest absolute Gasteiger partial charge is 5.00 e. The van der Waals surface area contributed by atoms with Crippen LogP contribution < -0.4 is 44.0 Å². The maximum atomic E-state index is 8.55. The van der Waals surface area contributed by atoms with Crippen LogP contribution in [0.15, 0.2) is 0 Å². The van der Waals surface area contributed by atoms with Crippen molar-refractivity contribution in [3.63, 3.8) is 0 Å². The standard InChI is InChI=1S/Fe.Mn.3H3O4P.V/c;;3*1-5(2,3)4;/h;;3*(H3,1,2,3,4);/q2*+2;;;;+5/p-9. The van der Waals surface area contributed by atoms with Gasteiger partial charge in [-0.3, -0.25) is 0 Å². The maximum Gasteiger partial charge on any atom is 5.00 e. The van der Waals surface area contributed by atoms with Crippen LogP contribution in [-0.4, -0.2) is 0 Å². The van der Waals surface area contributed by atoms with Gasteiger partial charge in [-0.2, -0.15) is 23.5 Å². The van der Waals surface area contributed by atoms with E-state index in [-0.39, 0.29) is 52.7 Å². The summed E-state index contributed by atoms with van der Waals surface area (Å²) in [6, 6.07) is 0. The Morgan fingerprint density at radius 3 is 0.500 bits per heavy atom. The second kappa shape index (κ2) is 15.3. The van der Waals surface area contributed by atoms with Gasteiger partial charge in [-0.1, -0.05) is 0 Å². The molecule has 0 bridgehead atoms. The molecule has 0 aliphatic carbocycles. The molecule has 0 aliphatic heterocycles.